The molecule has 0 bridgehead atoms. The Labute approximate surface area is 161 Å². The summed E-state index contributed by atoms with van der Waals surface area (Å²) in [6.07, 6.45) is -0.189. The average molecular weight is 389 g/mol. The van der Waals surface area contributed by atoms with Crippen molar-refractivity contribution >= 4 is 23.5 Å². The lowest BCUT2D eigenvalue weighted by atomic mass is 10.1. The molecule has 0 unspecified atom stereocenters. The van der Waals surface area contributed by atoms with Crippen LogP contribution in [0.15, 0.2) is 36.4 Å². The van der Waals surface area contributed by atoms with E-state index in [-0.39, 0.29) is 17.7 Å². The van der Waals surface area contributed by atoms with E-state index in [0.29, 0.717) is 11.3 Å². The van der Waals surface area contributed by atoms with Gasteiger partial charge in [-0.15, -0.1) is 0 Å². The Kier molecular flexibility index (Phi) is 7.08. The van der Waals surface area contributed by atoms with Crippen LogP contribution in [0.1, 0.15) is 21.5 Å². The van der Waals surface area contributed by atoms with Crippen molar-refractivity contribution < 1.29 is 33.0 Å². The third kappa shape index (κ3) is 5.54. The van der Waals surface area contributed by atoms with E-state index in [0.717, 1.165) is 5.56 Å². The van der Waals surface area contributed by atoms with Gasteiger partial charge in [-0.05, 0) is 42.3 Å². The molecule has 0 aliphatic carbocycles. The van der Waals surface area contributed by atoms with E-state index in [1.54, 1.807) is 19.1 Å². The Morgan fingerprint density at radius 1 is 1.07 bits per heavy atom. The fourth-order valence-electron chi connectivity index (χ4n) is 2.37. The fraction of sp³-hybridized carbons (Fsp3) is 0.250. The van der Waals surface area contributed by atoms with Gasteiger partial charge in [-0.25, -0.2) is 9.18 Å². The second-order valence-electron chi connectivity index (χ2n) is 5.88. The van der Waals surface area contributed by atoms with Crippen molar-refractivity contribution in [2.45, 2.75) is 13.3 Å². The second kappa shape index (κ2) is 9.50. The van der Waals surface area contributed by atoms with Crippen LogP contribution in [0.5, 0.6) is 5.75 Å². The van der Waals surface area contributed by atoms with Gasteiger partial charge in [-0.1, -0.05) is 12.1 Å². The quantitative estimate of drug-likeness (QED) is 0.732. The van der Waals surface area contributed by atoms with Gasteiger partial charge in [0.05, 0.1) is 26.2 Å². The van der Waals surface area contributed by atoms with Crippen molar-refractivity contribution in [3.8, 4) is 5.75 Å². The van der Waals surface area contributed by atoms with Crippen LogP contribution < -0.4 is 10.1 Å². The van der Waals surface area contributed by atoms with Crippen molar-refractivity contribution in [3.05, 3.63) is 58.9 Å². The molecule has 2 aromatic rings. The molecule has 8 heteroatoms. The Morgan fingerprint density at radius 2 is 1.82 bits per heavy atom. The number of anilines is 1. The normalized spacial score (nSPS) is 10.1. The van der Waals surface area contributed by atoms with E-state index < -0.39 is 30.3 Å². The third-order valence-electron chi connectivity index (χ3n) is 3.86. The molecule has 0 aliphatic rings. The van der Waals surface area contributed by atoms with E-state index in [1.807, 2.05) is 0 Å². The molecule has 0 aliphatic heterocycles. The number of rotatable bonds is 7. The molecule has 1 N–H and O–H groups in total. The molecule has 0 aromatic heterocycles. The van der Waals surface area contributed by atoms with Crippen LogP contribution in [0.25, 0.3) is 0 Å². The first-order valence-electron chi connectivity index (χ1n) is 8.31. The van der Waals surface area contributed by atoms with Gasteiger partial charge in [0.2, 0.25) is 0 Å². The Bertz CT molecular complexity index is 896. The molecule has 2 aromatic carbocycles. The highest BCUT2D eigenvalue weighted by molar-refractivity contribution is 5.96. The monoisotopic (exact) mass is 389 g/mol. The Morgan fingerprint density at radius 3 is 2.46 bits per heavy atom. The van der Waals surface area contributed by atoms with Crippen LogP contribution in [0.4, 0.5) is 10.1 Å². The smallest absolute Gasteiger partial charge is 0.337 e. The topological polar surface area (TPSA) is 90.9 Å². The second-order valence-corrected chi connectivity index (χ2v) is 5.88. The van der Waals surface area contributed by atoms with Crippen LogP contribution in [0, 0.1) is 12.7 Å². The molecule has 0 saturated heterocycles. The van der Waals surface area contributed by atoms with Gasteiger partial charge in [-0.2, -0.15) is 0 Å². The van der Waals surface area contributed by atoms with Gasteiger partial charge in [0.25, 0.3) is 5.91 Å². The number of aryl methyl sites for hydroxylation is 1. The zero-order valence-corrected chi connectivity index (χ0v) is 15.7. The zero-order chi connectivity index (χ0) is 20.7. The van der Waals surface area contributed by atoms with Gasteiger partial charge < -0.3 is 19.5 Å². The summed E-state index contributed by atoms with van der Waals surface area (Å²) in [5, 5.41) is 2.57. The highest BCUT2D eigenvalue weighted by Crippen LogP contribution is 2.19. The minimum Gasteiger partial charge on any atom is -0.494 e. The largest absolute Gasteiger partial charge is 0.494 e. The van der Waals surface area contributed by atoms with Crippen molar-refractivity contribution in [2.75, 3.05) is 26.1 Å². The molecule has 148 valence electrons. The molecule has 1 amide bonds. The number of ether oxygens (including phenoxy) is 3. The number of benzene rings is 2. The number of methoxy groups -OCH3 is 2. The third-order valence-corrected chi connectivity index (χ3v) is 3.86. The van der Waals surface area contributed by atoms with E-state index >= 15 is 0 Å². The average Bonchev–Trinajstić information content (AvgIpc) is 2.67. The minimum atomic E-state index is -0.681. The molecule has 0 atom stereocenters. The molecule has 2 rings (SSSR count). The Balaban J connectivity index is 1.91. The van der Waals surface area contributed by atoms with E-state index in [4.69, 9.17) is 9.47 Å². The summed E-state index contributed by atoms with van der Waals surface area (Å²) < 4.78 is 28.0. The first-order chi connectivity index (χ1) is 13.3. The molecule has 0 fully saturated rings. The highest BCUT2D eigenvalue weighted by Gasteiger charge is 2.13. The summed E-state index contributed by atoms with van der Waals surface area (Å²) in [7, 11) is 2.60. The first-order valence-corrected chi connectivity index (χ1v) is 8.31. The van der Waals surface area contributed by atoms with Crippen LogP contribution in [-0.4, -0.2) is 38.7 Å². The molecule has 0 radical (unpaired) electrons. The van der Waals surface area contributed by atoms with Crippen LogP contribution in [0.2, 0.25) is 0 Å². The lowest BCUT2D eigenvalue weighted by Gasteiger charge is -2.10. The highest BCUT2D eigenvalue weighted by atomic mass is 19.1. The lowest BCUT2D eigenvalue weighted by molar-refractivity contribution is -0.146. The summed E-state index contributed by atoms with van der Waals surface area (Å²) in [5.41, 5.74) is 1.80. The van der Waals surface area contributed by atoms with Gasteiger partial charge in [0.1, 0.15) is 0 Å². The number of carbonyl (C=O) groups is 3. The van der Waals surface area contributed by atoms with Crippen LogP contribution >= 0.6 is 0 Å². The number of esters is 2. The van der Waals surface area contributed by atoms with Gasteiger partial charge in [0.15, 0.2) is 18.2 Å². The molecular weight excluding hydrogens is 369 g/mol. The maximum atomic E-state index is 13.6. The summed E-state index contributed by atoms with van der Waals surface area (Å²) in [4.78, 5) is 35.5. The summed E-state index contributed by atoms with van der Waals surface area (Å²) >= 11 is 0. The van der Waals surface area contributed by atoms with Crippen molar-refractivity contribution in [2.24, 2.45) is 0 Å². The van der Waals surface area contributed by atoms with E-state index in [9.17, 15) is 18.8 Å². The molecule has 7 nitrogen and oxygen atoms in total. The van der Waals surface area contributed by atoms with Gasteiger partial charge in [-0.3, -0.25) is 9.59 Å². The first kappa shape index (κ1) is 20.9. The maximum Gasteiger partial charge on any atom is 0.337 e. The fourth-order valence-corrected chi connectivity index (χ4v) is 2.37. The standard InChI is InChI=1S/C20H20FNO6/c1-12-4-6-14(20(25)27-3)10-16(12)22-18(23)11-28-19(24)9-13-5-7-17(26-2)15(21)8-13/h4-8,10H,9,11H2,1-3H3,(H,22,23). The molecular formula is C20H20FNO6. The molecule has 0 heterocycles. The number of carbonyl (C=O) groups excluding carboxylic acids is 3. The van der Waals surface area contributed by atoms with Crippen molar-refractivity contribution in [1.29, 1.82) is 0 Å². The predicted molar refractivity (Wildman–Crippen MR) is 98.8 cm³/mol. The van der Waals surface area contributed by atoms with E-state index in [1.165, 1.54) is 38.5 Å². The maximum absolute atomic E-state index is 13.6. The number of halogens is 1. The van der Waals surface area contributed by atoms with Gasteiger partial charge in [0, 0.05) is 5.69 Å². The van der Waals surface area contributed by atoms with Crippen LogP contribution in [-0.2, 0) is 25.5 Å². The Hall–Kier alpha value is -3.42. The van der Waals surface area contributed by atoms with Crippen LogP contribution in [0.3, 0.4) is 0 Å². The number of nitrogens with one attached hydrogen (secondary N) is 1. The van der Waals surface area contributed by atoms with E-state index in [2.05, 4.69) is 10.1 Å². The minimum absolute atomic E-state index is 0.0704. The van der Waals surface area contributed by atoms with Crippen molar-refractivity contribution in [3.63, 3.8) is 0 Å². The number of amides is 1. The predicted octanol–water partition coefficient (Wildman–Crippen LogP) is 2.65. The zero-order valence-electron chi connectivity index (χ0n) is 15.7. The summed E-state index contributed by atoms with van der Waals surface area (Å²) in [5.74, 6) is -2.31. The number of hydrogen-bond acceptors (Lipinski definition) is 6. The lowest BCUT2D eigenvalue weighted by Crippen LogP contribution is -2.22. The molecule has 0 saturated carbocycles. The molecule has 0 spiro atoms. The number of hydrogen-bond donors (Lipinski definition) is 1. The summed E-state index contributed by atoms with van der Waals surface area (Å²) in [6, 6.07) is 8.81. The SMILES string of the molecule is COC(=O)c1ccc(C)c(NC(=O)COC(=O)Cc2ccc(OC)c(F)c2)c1. The molecule has 28 heavy (non-hydrogen) atoms. The van der Waals surface area contributed by atoms with Crippen molar-refractivity contribution in [1.82, 2.24) is 0 Å². The summed E-state index contributed by atoms with van der Waals surface area (Å²) in [6.45, 7) is 1.24. The van der Waals surface area contributed by atoms with Gasteiger partial charge >= 0.3 is 11.9 Å².